The Balaban J connectivity index is 1.51. The molecule has 1 N–H and O–H groups in total. The number of nitrogens with one attached hydrogen (secondary N) is 1. The highest BCUT2D eigenvalue weighted by atomic mass is 16.1. The number of aromatic nitrogens is 3. The standard InChI is InChI=1S/C22H18N4O/c27-22(19-10-11-21(24-15-19)26-13-12-23-16-26)25-20-9-5-4-8-18(20)14-17-6-2-1-3-7-17/h1-13,15-16H,14H2,(H,25,27). The minimum absolute atomic E-state index is 0.180. The van der Waals surface area contributed by atoms with Gasteiger partial charge in [-0.25, -0.2) is 9.97 Å². The maximum absolute atomic E-state index is 12.6. The monoisotopic (exact) mass is 354 g/mol. The van der Waals surface area contributed by atoms with E-state index in [1.165, 1.54) is 5.56 Å². The van der Waals surface area contributed by atoms with Gasteiger partial charge in [0.1, 0.15) is 12.1 Å². The zero-order valence-corrected chi connectivity index (χ0v) is 14.6. The number of hydrogen-bond acceptors (Lipinski definition) is 3. The van der Waals surface area contributed by atoms with Gasteiger partial charge in [0, 0.05) is 24.3 Å². The molecule has 4 aromatic rings. The summed E-state index contributed by atoms with van der Waals surface area (Å²) in [5, 5.41) is 3.00. The lowest BCUT2D eigenvalue weighted by Gasteiger charge is -2.11. The highest BCUT2D eigenvalue weighted by molar-refractivity contribution is 6.04. The Morgan fingerprint density at radius 2 is 1.78 bits per heavy atom. The Morgan fingerprint density at radius 1 is 0.963 bits per heavy atom. The maximum Gasteiger partial charge on any atom is 0.257 e. The molecular formula is C22H18N4O. The second kappa shape index (κ2) is 7.66. The van der Waals surface area contributed by atoms with Gasteiger partial charge in [-0.2, -0.15) is 0 Å². The van der Waals surface area contributed by atoms with Gasteiger partial charge in [-0.1, -0.05) is 48.5 Å². The number of nitrogens with zero attached hydrogens (tertiary/aromatic N) is 3. The average molecular weight is 354 g/mol. The van der Waals surface area contributed by atoms with E-state index in [1.54, 1.807) is 35.4 Å². The van der Waals surface area contributed by atoms with Gasteiger partial charge >= 0.3 is 0 Å². The first-order valence-corrected chi connectivity index (χ1v) is 8.67. The quantitative estimate of drug-likeness (QED) is 0.587. The van der Waals surface area contributed by atoms with Crippen molar-refractivity contribution in [1.82, 2.24) is 14.5 Å². The van der Waals surface area contributed by atoms with Crippen LogP contribution in [-0.4, -0.2) is 20.4 Å². The van der Waals surface area contributed by atoms with Crippen molar-refractivity contribution in [3.63, 3.8) is 0 Å². The highest BCUT2D eigenvalue weighted by Gasteiger charge is 2.10. The van der Waals surface area contributed by atoms with Gasteiger partial charge in [-0.15, -0.1) is 0 Å². The second-order valence-electron chi connectivity index (χ2n) is 6.15. The van der Waals surface area contributed by atoms with Gasteiger partial charge in [-0.05, 0) is 35.7 Å². The van der Waals surface area contributed by atoms with Crippen LogP contribution in [-0.2, 0) is 6.42 Å². The fourth-order valence-electron chi connectivity index (χ4n) is 2.87. The first-order chi connectivity index (χ1) is 13.3. The smallest absolute Gasteiger partial charge is 0.257 e. The molecule has 2 aromatic carbocycles. The third-order valence-electron chi connectivity index (χ3n) is 4.28. The number of anilines is 1. The number of carbonyl (C=O) groups is 1. The van der Waals surface area contributed by atoms with Crippen molar-refractivity contribution in [3.05, 3.63) is 108 Å². The van der Waals surface area contributed by atoms with Gasteiger partial charge in [0.25, 0.3) is 5.91 Å². The Hall–Kier alpha value is -3.73. The van der Waals surface area contributed by atoms with Crippen molar-refractivity contribution in [2.45, 2.75) is 6.42 Å². The lowest BCUT2D eigenvalue weighted by Crippen LogP contribution is -2.14. The van der Waals surface area contributed by atoms with E-state index in [2.05, 4.69) is 27.4 Å². The average Bonchev–Trinajstić information content (AvgIpc) is 3.25. The minimum atomic E-state index is -0.180. The van der Waals surface area contributed by atoms with Gasteiger partial charge in [0.05, 0.1) is 5.56 Å². The molecule has 5 heteroatoms. The van der Waals surface area contributed by atoms with Crippen LogP contribution in [0.5, 0.6) is 0 Å². The summed E-state index contributed by atoms with van der Waals surface area (Å²) in [7, 11) is 0. The summed E-state index contributed by atoms with van der Waals surface area (Å²) in [6.07, 6.45) is 7.50. The molecule has 4 rings (SSSR count). The first-order valence-electron chi connectivity index (χ1n) is 8.67. The van der Waals surface area contributed by atoms with Crippen LogP contribution in [0.15, 0.2) is 91.6 Å². The number of para-hydroxylation sites is 1. The van der Waals surface area contributed by atoms with Gasteiger partial charge in [-0.3, -0.25) is 9.36 Å². The molecule has 0 atom stereocenters. The van der Waals surface area contributed by atoms with Crippen LogP contribution in [0.25, 0.3) is 5.82 Å². The number of amides is 1. The van der Waals surface area contributed by atoms with Crippen LogP contribution in [0, 0.1) is 0 Å². The molecule has 0 radical (unpaired) electrons. The molecule has 2 heterocycles. The van der Waals surface area contributed by atoms with E-state index < -0.39 is 0 Å². The van der Waals surface area contributed by atoms with Crippen LogP contribution >= 0.6 is 0 Å². The molecule has 27 heavy (non-hydrogen) atoms. The van der Waals surface area contributed by atoms with Gasteiger partial charge in [0.2, 0.25) is 0 Å². The Morgan fingerprint density at radius 3 is 2.52 bits per heavy atom. The maximum atomic E-state index is 12.6. The van der Waals surface area contributed by atoms with Crippen LogP contribution in [0.3, 0.4) is 0 Å². The Bertz CT molecular complexity index is 1030. The van der Waals surface area contributed by atoms with Crippen LogP contribution in [0.2, 0.25) is 0 Å². The molecule has 0 unspecified atom stereocenters. The Labute approximate surface area is 157 Å². The molecule has 0 aliphatic heterocycles. The first kappa shape index (κ1) is 16.7. The van der Waals surface area contributed by atoms with Crippen LogP contribution in [0.4, 0.5) is 5.69 Å². The Kier molecular flexibility index (Phi) is 4.74. The molecule has 132 valence electrons. The van der Waals surface area contributed by atoms with Crippen molar-refractivity contribution >= 4 is 11.6 Å². The topological polar surface area (TPSA) is 59.8 Å². The summed E-state index contributed by atoms with van der Waals surface area (Å²) in [5.41, 5.74) is 3.59. The molecule has 0 aliphatic carbocycles. The molecule has 0 aliphatic rings. The summed E-state index contributed by atoms with van der Waals surface area (Å²) in [5.74, 6) is 0.536. The van der Waals surface area contributed by atoms with E-state index in [1.807, 2.05) is 48.7 Å². The summed E-state index contributed by atoms with van der Waals surface area (Å²) >= 11 is 0. The predicted molar refractivity (Wildman–Crippen MR) is 105 cm³/mol. The van der Waals surface area contributed by atoms with Crippen LogP contribution < -0.4 is 5.32 Å². The van der Waals surface area contributed by atoms with Crippen molar-refractivity contribution in [2.24, 2.45) is 0 Å². The van der Waals surface area contributed by atoms with Crippen molar-refractivity contribution in [1.29, 1.82) is 0 Å². The number of carbonyl (C=O) groups excluding carboxylic acids is 1. The fourth-order valence-corrected chi connectivity index (χ4v) is 2.87. The zero-order valence-electron chi connectivity index (χ0n) is 14.6. The summed E-state index contributed by atoms with van der Waals surface area (Å²) < 4.78 is 1.79. The molecule has 0 fully saturated rings. The predicted octanol–water partition coefficient (Wildman–Crippen LogP) is 4.11. The van der Waals surface area contributed by atoms with E-state index in [4.69, 9.17) is 0 Å². The molecule has 0 saturated carbocycles. The molecule has 1 amide bonds. The lowest BCUT2D eigenvalue weighted by molar-refractivity contribution is 0.102. The van der Waals surface area contributed by atoms with Gasteiger partial charge in [0.15, 0.2) is 0 Å². The molecule has 0 spiro atoms. The number of imidazole rings is 1. The van der Waals surface area contributed by atoms with E-state index in [9.17, 15) is 4.79 Å². The number of pyridine rings is 1. The zero-order chi connectivity index (χ0) is 18.5. The largest absolute Gasteiger partial charge is 0.322 e. The van der Waals surface area contributed by atoms with Crippen molar-refractivity contribution < 1.29 is 4.79 Å². The van der Waals surface area contributed by atoms with Crippen LogP contribution in [0.1, 0.15) is 21.5 Å². The molecule has 0 saturated heterocycles. The van der Waals surface area contributed by atoms with E-state index in [0.29, 0.717) is 11.4 Å². The summed E-state index contributed by atoms with van der Waals surface area (Å²) in [6, 6.07) is 21.6. The third kappa shape index (κ3) is 3.93. The number of hydrogen-bond donors (Lipinski definition) is 1. The van der Waals surface area contributed by atoms with Crippen molar-refractivity contribution in [3.8, 4) is 5.82 Å². The molecular weight excluding hydrogens is 336 g/mol. The van der Waals surface area contributed by atoms with E-state index >= 15 is 0 Å². The molecule has 0 bridgehead atoms. The number of rotatable bonds is 5. The van der Waals surface area contributed by atoms with Crippen molar-refractivity contribution in [2.75, 3.05) is 5.32 Å². The molecule has 5 nitrogen and oxygen atoms in total. The van der Waals surface area contributed by atoms with Gasteiger partial charge < -0.3 is 5.32 Å². The van der Waals surface area contributed by atoms with E-state index in [-0.39, 0.29) is 5.91 Å². The summed E-state index contributed by atoms with van der Waals surface area (Å²) in [6.45, 7) is 0. The SMILES string of the molecule is O=C(Nc1ccccc1Cc1ccccc1)c1ccc(-n2ccnc2)nc1. The lowest BCUT2D eigenvalue weighted by atomic mass is 10.0. The molecule has 2 aromatic heterocycles. The second-order valence-corrected chi connectivity index (χ2v) is 6.15. The third-order valence-corrected chi connectivity index (χ3v) is 4.28. The summed E-state index contributed by atoms with van der Waals surface area (Å²) in [4.78, 5) is 21.0. The minimum Gasteiger partial charge on any atom is -0.322 e. The number of benzene rings is 2. The highest BCUT2D eigenvalue weighted by Crippen LogP contribution is 2.20. The fraction of sp³-hybridized carbons (Fsp3) is 0.0455. The van der Waals surface area contributed by atoms with E-state index in [0.717, 1.165) is 17.7 Å². The normalized spacial score (nSPS) is 10.5.